The van der Waals surface area contributed by atoms with Crippen LogP contribution < -0.4 is 11.5 Å². The standard InChI is InChI=1S/C18H36N2/c1-2-3-4-5-6-7-8-9-10-11-12-13-14-15-16-17-18(19)20/h15-17H,2-14,19-20H2,1H3. The lowest BCUT2D eigenvalue weighted by molar-refractivity contribution is 0.545. The molecule has 0 heterocycles. The van der Waals surface area contributed by atoms with Crippen LogP contribution in [0.4, 0.5) is 0 Å². The number of hydrogen-bond acceptors (Lipinski definition) is 2. The van der Waals surface area contributed by atoms with Crippen molar-refractivity contribution in [3.8, 4) is 0 Å². The van der Waals surface area contributed by atoms with E-state index >= 15 is 0 Å². The van der Waals surface area contributed by atoms with Crippen LogP contribution in [-0.2, 0) is 0 Å². The minimum Gasteiger partial charge on any atom is -0.386 e. The van der Waals surface area contributed by atoms with Crippen LogP contribution in [0.1, 0.15) is 90.4 Å². The molecule has 0 aromatic heterocycles. The van der Waals surface area contributed by atoms with Gasteiger partial charge in [-0.2, -0.15) is 0 Å². The van der Waals surface area contributed by atoms with Gasteiger partial charge in [0.2, 0.25) is 0 Å². The summed E-state index contributed by atoms with van der Waals surface area (Å²) in [5, 5.41) is 0. The second-order valence-corrected chi connectivity index (χ2v) is 5.77. The van der Waals surface area contributed by atoms with Crippen LogP contribution in [0.5, 0.6) is 0 Å². The molecule has 0 aromatic carbocycles. The lowest BCUT2D eigenvalue weighted by Crippen LogP contribution is -2.06. The van der Waals surface area contributed by atoms with E-state index in [4.69, 9.17) is 11.5 Å². The van der Waals surface area contributed by atoms with E-state index in [1.807, 2.05) is 6.08 Å². The summed E-state index contributed by atoms with van der Waals surface area (Å²) >= 11 is 0. The molecule has 4 N–H and O–H groups in total. The molecule has 0 aliphatic rings. The first-order valence-electron chi connectivity index (χ1n) is 8.65. The van der Waals surface area contributed by atoms with Gasteiger partial charge in [0.05, 0.1) is 5.82 Å². The second-order valence-electron chi connectivity index (χ2n) is 5.77. The molecule has 0 fully saturated rings. The monoisotopic (exact) mass is 280 g/mol. The van der Waals surface area contributed by atoms with Crippen molar-refractivity contribution in [2.75, 3.05) is 0 Å². The van der Waals surface area contributed by atoms with Crippen LogP contribution >= 0.6 is 0 Å². The van der Waals surface area contributed by atoms with E-state index in [1.165, 1.54) is 77.0 Å². The van der Waals surface area contributed by atoms with Gasteiger partial charge >= 0.3 is 0 Å². The first-order valence-corrected chi connectivity index (χ1v) is 8.65. The van der Waals surface area contributed by atoms with Gasteiger partial charge in [-0.1, -0.05) is 89.7 Å². The van der Waals surface area contributed by atoms with Crippen LogP contribution in [0.15, 0.2) is 24.0 Å². The first kappa shape index (κ1) is 19.1. The lowest BCUT2D eigenvalue weighted by atomic mass is 10.0. The first-order chi connectivity index (χ1) is 9.77. The molecule has 0 aliphatic heterocycles. The smallest absolute Gasteiger partial charge is 0.0933 e. The molecule has 0 aliphatic carbocycles. The zero-order chi connectivity index (χ0) is 14.9. The topological polar surface area (TPSA) is 52.0 Å². The van der Waals surface area contributed by atoms with Gasteiger partial charge in [-0.15, -0.1) is 0 Å². The predicted octanol–water partition coefficient (Wildman–Crippen LogP) is 5.39. The minimum absolute atomic E-state index is 0.385. The van der Waals surface area contributed by atoms with Crippen molar-refractivity contribution in [1.29, 1.82) is 0 Å². The van der Waals surface area contributed by atoms with E-state index < -0.39 is 0 Å². The molecule has 2 nitrogen and oxygen atoms in total. The molecule has 20 heavy (non-hydrogen) atoms. The molecule has 0 unspecified atom stereocenters. The normalized spacial score (nSPS) is 11.1. The molecule has 0 atom stereocenters. The summed E-state index contributed by atoms with van der Waals surface area (Å²) in [7, 11) is 0. The Morgan fingerprint density at radius 3 is 1.60 bits per heavy atom. The molecule has 0 rings (SSSR count). The Balaban J connectivity index is 3.06. The summed E-state index contributed by atoms with van der Waals surface area (Å²) in [6, 6.07) is 0. The molecule has 0 aromatic rings. The van der Waals surface area contributed by atoms with Crippen LogP contribution in [0.25, 0.3) is 0 Å². The van der Waals surface area contributed by atoms with E-state index in [0.717, 1.165) is 6.42 Å². The van der Waals surface area contributed by atoms with Crippen molar-refractivity contribution in [3.05, 3.63) is 24.0 Å². The van der Waals surface area contributed by atoms with Crippen LogP contribution in [0, 0.1) is 0 Å². The zero-order valence-corrected chi connectivity index (χ0v) is 13.6. The molecule has 2 heteroatoms. The van der Waals surface area contributed by atoms with Gasteiger partial charge in [-0.3, -0.25) is 0 Å². The number of nitrogens with two attached hydrogens (primary N) is 2. The highest BCUT2D eigenvalue weighted by atomic mass is 14.8. The van der Waals surface area contributed by atoms with Crippen LogP contribution in [0.2, 0.25) is 0 Å². The van der Waals surface area contributed by atoms with Gasteiger partial charge in [0, 0.05) is 0 Å². The SMILES string of the molecule is CCCCCCCCCCCCCCC=CC=C(N)N. The summed E-state index contributed by atoms with van der Waals surface area (Å²) in [5.74, 6) is 0.385. The molecule has 0 saturated heterocycles. The Morgan fingerprint density at radius 2 is 1.15 bits per heavy atom. The van der Waals surface area contributed by atoms with Crippen molar-refractivity contribution in [3.63, 3.8) is 0 Å². The van der Waals surface area contributed by atoms with Gasteiger partial charge in [-0.25, -0.2) is 0 Å². The molecule has 118 valence electrons. The average molecular weight is 280 g/mol. The highest BCUT2D eigenvalue weighted by Crippen LogP contribution is 2.12. The van der Waals surface area contributed by atoms with Gasteiger partial charge in [-0.05, 0) is 18.9 Å². The van der Waals surface area contributed by atoms with Crippen molar-refractivity contribution >= 4 is 0 Å². The fourth-order valence-corrected chi connectivity index (χ4v) is 2.38. The molecule has 0 spiro atoms. The Labute approximate surface area is 126 Å². The zero-order valence-electron chi connectivity index (χ0n) is 13.6. The van der Waals surface area contributed by atoms with Gasteiger partial charge in [0.15, 0.2) is 0 Å². The lowest BCUT2D eigenvalue weighted by Gasteiger charge is -2.02. The number of rotatable bonds is 14. The van der Waals surface area contributed by atoms with Crippen LogP contribution in [0.3, 0.4) is 0 Å². The fourth-order valence-electron chi connectivity index (χ4n) is 2.38. The van der Waals surface area contributed by atoms with Gasteiger partial charge in [0.25, 0.3) is 0 Å². The summed E-state index contributed by atoms with van der Waals surface area (Å²) in [6.07, 6.45) is 23.8. The molecule has 0 saturated carbocycles. The van der Waals surface area contributed by atoms with E-state index in [2.05, 4.69) is 13.0 Å². The highest BCUT2D eigenvalue weighted by molar-refractivity contribution is 5.06. The third-order valence-electron chi connectivity index (χ3n) is 3.65. The molecule has 0 amide bonds. The number of allylic oxidation sites excluding steroid dienone is 3. The Hall–Kier alpha value is -0.920. The molecule has 0 radical (unpaired) electrons. The Bertz CT molecular complexity index is 240. The van der Waals surface area contributed by atoms with E-state index in [1.54, 1.807) is 6.08 Å². The highest BCUT2D eigenvalue weighted by Gasteiger charge is 1.92. The second kappa shape index (κ2) is 16.1. The maximum Gasteiger partial charge on any atom is 0.0933 e. The summed E-state index contributed by atoms with van der Waals surface area (Å²) in [4.78, 5) is 0. The number of hydrogen-bond donors (Lipinski definition) is 2. The van der Waals surface area contributed by atoms with Crippen LogP contribution in [-0.4, -0.2) is 0 Å². The molecule has 0 bridgehead atoms. The van der Waals surface area contributed by atoms with Crippen molar-refractivity contribution in [2.24, 2.45) is 11.5 Å². The predicted molar refractivity (Wildman–Crippen MR) is 91.3 cm³/mol. The van der Waals surface area contributed by atoms with Crippen molar-refractivity contribution in [2.45, 2.75) is 90.4 Å². The quantitative estimate of drug-likeness (QED) is 0.331. The van der Waals surface area contributed by atoms with Crippen molar-refractivity contribution in [1.82, 2.24) is 0 Å². The summed E-state index contributed by atoms with van der Waals surface area (Å²) < 4.78 is 0. The average Bonchev–Trinajstić information content (AvgIpc) is 2.43. The largest absolute Gasteiger partial charge is 0.386 e. The Morgan fingerprint density at radius 1 is 0.700 bits per heavy atom. The van der Waals surface area contributed by atoms with Crippen molar-refractivity contribution < 1.29 is 0 Å². The summed E-state index contributed by atoms with van der Waals surface area (Å²) in [5.41, 5.74) is 10.7. The maximum absolute atomic E-state index is 5.33. The molecular formula is C18H36N2. The third-order valence-corrected chi connectivity index (χ3v) is 3.65. The van der Waals surface area contributed by atoms with E-state index in [-0.39, 0.29) is 0 Å². The fraction of sp³-hybridized carbons (Fsp3) is 0.778. The third kappa shape index (κ3) is 17.1. The van der Waals surface area contributed by atoms with E-state index in [0.29, 0.717) is 5.82 Å². The molecular weight excluding hydrogens is 244 g/mol. The number of unbranched alkanes of at least 4 members (excludes halogenated alkanes) is 12. The Kier molecular flexibility index (Phi) is 15.4. The summed E-state index contributed by atoms with van der Waals surface area (Å²) in [6.45, 7) is 2.28. The maximum atomic E-state index is 5.33. The van der Waals surface area contributed by atoms with E-state index in [9.17, 15) is 0 Å². The van der Waals surface area contributed by atoms with Gasteiger partial charge in [0.1, 0.15) is 0 Å². The minimum atomic E-state index is 0.385. The van der Waals surface area contributed by atoms with Gasteiger partial charge < -0.3 is 11.5 Å².